The average molecular weight is 440 g/mol. The Morgan fingerprint density at radius 3 is 2.19 bits per heavy atom. The molecule has 0 spiro atoms. The topological polar surface area (TPSA) is 125 Å². The van der Waals surface area contributed by atoms with E-state index in [0.717, 1.165) is 28.7 Å². The smallest absolute Gasteiger partial charge is 0.407 e. The van der Waals surface area contributed by atoms with Gasteiger partial charge in [0, 0.05) is 5.92 Å². The van der Waals surface area contributed by atoms with Crippen LogP contribution in [0.1, 0.15) is 43.2 Å². The summed E-state index contributed by atoms with van der Waals surface area (Å²) in [5.41, 5.74) is 4.41. The van der Waals surface area contributed by atoms with Gasteiger partial charge in [0.05, 0.1) is 6.54 Å². The van der Waals surface area contributed by atoms with Crippen LogP contribution in [0, 0.1) is 0 Å². The Hall–Kier alpha value is -3.39. The molecule has 32 heavy (non-hydrogen) atoms. The maximum atomic E-state index is 12.5. The summed E-state index contributed by atoms with van der Waals surface area (Å²) in [7, 11) is 0. The fraction of sp³-hybridized carbons (Fsp3) is 0.375. The first-order valence-corrected chi connectivity index (χ1v) is 10.7. The molecule has 1 aliphatic carbocycles. The summed E-state index contributed by atoms with van der Waals surface area (Å²) in [6.07, 6.45) is -0.561. The van der Waals surface area contributed by atoms with Crippen LogP contribution in [0.3, 0.4) is 0 Å². The third kappa shape index (κ3) is 5.45. The van der Waals surface area contributed by atoms with Gasteiger partial charge in [-0.1, -0.05) is 68.3 Å². The highest BCUT2D eigenvalue weighted by molar-refractivity contribution is 5.86. The van der Waals surface area contributed by atoms with E-state index in [4.69, 9.17) is 9.84 Å². The zero-order valence-electron chi connectivity index (χ0n) is 17.9. The zero-order chi connectivity index (χ0) is 23.1. The first-order chi connectivity index (χ1) is 15.4. The molecule has 0 radical (unpaired) electrons. The summed E-state index contributed by atoms with van der Waals surface area (Å²) >= 11 is 0. The molecule has 8 heteroatoms. The Morgan fingerprint density at radius 1 is 1.03 bits per heavy atom. The summed E-state index contributed by atoms with van der Waals surface area (Å²) in [5.74, 6) is -2.09. The number of aliphatic hydroxyl groups is 1. The Labute approximate surface area is 186 Å². The minimum Gasteiger partial charge on any atom is -0.479 e. The van der Waals surface area contributed by atoms with Gasteiger partial charge in [0.2, 0.25) is 5.91 Å². The fourth-order valence-corrected chi connectivity index (χ4v) is 3.87. The van der Waals surface area contributed by atoms with Crippen molar-refractivity contribution in [1.29, 1.82) is 0 Å². The van der Waals surface area contributed by atoms with Crippen LogP contribution in [0.4, 0.5) is 4.79 Å². The lowest BCUT2D eigenvalue weighted by molar-refractivity contribution is -0.146. The van der Waals surface area contributed by atoms with Gasteiger partial charge in [-0.15, -0.1) is 0 Å². The summed E-state index contributed by atoms with van der Waals surface area (Å²) in [6.45, 7) is 1.64. The van der Waals surface area contributed by atoms with Crippen LogP contribution < -0.4 is 10.6 Å². The van der Waals surface area contributed by atoms with Gasteiger partial charge in [0.1, 0.15) is 12.6 Å². The normalized spacial score (nSPS) is 14.1. The highest BCUT2D eigenvalue weighted by atomic mass is 16.5. The van der Waals surface area contributed by atoms with E-state index in [-0.39, 0.29) is 12.5 Å². The molecule has 8 nitrogen and oxygen atoms in total. The molecule has 0 fully saturated rings. The molecule has 2 amide bonds. The number of rotatable bonds is 10. The summed E-state index contributed by atoms with van der Waals surface area (Å²) in [5, 5.41) is 23.0. The van der Waals surface area contributed by atoms with Gasteiger partial charge < -0.3 is 25.6 Å². The predicted octanol–water partition coefficient (Wildman–Crippen LogP) is 2.65. The number of carboxylic acids is 1. The number of carbonyl (C=O) groups is 3. The van der Waals surface area contributed by atoms with Crippen LogP contribution in [-0.4, -0.2) is 53.5 Å². The number of carboxylic acid groups (broad SMARTS) is 1. The summed E-state index contributed by atoms with van der Waals surface area (Å²) in [6, 6.07) is 15.1. The highest BCUT2D eigenvalue weighted by Crippen LogP contribution is 2.44. The molecular formula is C24H28N2O6. The lowest BCUT2D eigenvalue weighted by Gasteiger charge is -2.20. The Kier molecular flexibility index (Phi) is 7.83. The average Bonchev–Trinajstić information content (AvgIpc) is 3.12. The molecule has 1 unspecified atom stereocenters. The maximum Gasteiger partial charge on any atom is 0.407 e. The van der Waals surface area contributed by atoms with Crippen molar-refractivity contribution in [2.24, 2.45) is 0 Å². The molecule has 0 aliphatic heterocycles. The van der Waals surface area contributed by atoms with Crippen molar-refractivity contribution in [1.82, 2.24) is 10.6 Å². The number of benzene rings is 2. The van der Waals surface area contributed by atoms with Crippen molar-refractivity contribution in [3.63, 3.8) is 0 Å². The van der Waals surface area contributed by atoms with Crippen LogP contribution in [0.15, 0.2) is 48.5 Å². The molecule has 3 rings (SSSR count). The van der Waals surface area contributed by atoms with E-state index in [1.165, 1.54) is 0 Å². The molecule has 0 heterocycles. The van der Waals surface area contributed by atoms with E-state index < -0.39 is 36.7 Å². The number of ether oxygens (including phenoxy) is 1. The number of hydrogen-bond acceptors (Lipinski definition) is 5. The number of alkyl carbamates (subject to hydrolysis) is 1. The van der Waals surface area contributed by atoms with Gasteiger partial charge in [-0.25, -0.2) is 9.59 Å². The third-order valence-electron chi connectivity index (χ3n) is 5.55. The van der Waals surface area contributed by atoms with Crippen LogP contribution in [-0.2, 0) is 14.3 Å². The maximum absolute atomic E-state index is 12.5. The van der Waals surface area contributed by atoms with E-state index in [0.29, 0.717) is 12.8 Å². The van der Waals surface area contributed by atoms with Crippen molar-refractivity contribution in [2.75, 3.05) is 13.2 Å². The summed E-state index contributed by atoms with van der Waals surface area (Å²) < 4.78 is 5.49. The first-order valence-electron chi connectivity index (χ1n) is 10.7. The molecule has 0 saturated carbocycles. The molecule has 0 aromatic heterocycles. The minimum atomic E-state index is -1.71. The molecule has 2 aromatic rings. The predicted molar refractivity (Wildman–Crippen MR) is 118 cm³/mol. The van der Waals surface area contributed by atoms with Gasteiger partial charge in [0.25, 0.3) is 0 Å². The monoisotopic (exact) mass is 440 g/mol. The quantitative estimate of drug-likeness (QED) is 0.450. The van der Waals surface area contributed by atoms with E-state index >= 15 is 0 Å². The van der Waals surface area contributed by atoms with Crippen molar-refractivity contribution < 1.29 is 29.3 Å². The molecule has 0 bridgehead atoms. The fourth-order valence-electron chi connectivity index (χ4n) is 3.87. The number of carbonyl (C=O) groups excluding carboxylic acids is 2. The van der Waals surface area contributed by atoms with Crippen LogP contribution >= 0.6 is 0 Å². The Bertz CT molecular complexity index is 931. The highest BCUT2D eigenvalue weighted by Gasteiger charge is 2.30. The van der Waals surface area contributed by atoms with Gasteiger partial charge in [-0.3, -0.25) is 4.79 Å². The number of fused-ring (bicyclic) bond motifs is 3. The largest absolute Gasteiger partial charge is 0.479 e. The second kappa shape index (κ2) is 10.8. The number of nitrogens with one attached hydrogen (secondary N) is 2. The van der Waals surface area contributed by atoms with Gasteiger partial charge in [-0.05, 0) is 28.7 Å². The van der Waals surface area contributed by atoms with Crippen LogP contribution in [0.5, 0.6) is 0 Å². The Balaban J connectivity index is 1.61. The number of unbranched alkanes of at least 4 members (excludes halogenated alkanes) is 1. The number of hydrogen-bond donors (Lipinski definition) is 4. The summed E-state index contributed by atoms with van der Waals surface area (Å²) in [4.78, 5) is 35.6. The van der Waals surface area contributed by atoms with Crippen molar-refractivity contribution in [3.8, 4) is 11.1 Å². The van der Waals surface area contributed by atoms with Gasteiger partial charge in [0.15, 0.2) is 6.10 Å². The van der Waals surface area contributed by atoms with Crippen LogP contribution in [0.25, 0.3) is 11.1 Å². The van der Waals surface area contributed by atoms with Gasteiger partial charge >= 0.3 is 12.1 Å². The number of aliphatic carboxylic acids is 1. The standard InChI is InChI=1S/C24H28N2O6/c1-2-3-12-20(22(28)25-13-21(27)23(29)30)26-24(31)32-14-19-17-10-6-4-8-15(17)16-9-5-7-11-18(16)19/h4-11,19-21,27H,2-3,12-14H2,1H3,(H,25,28)(H,26,31)(H,29,30)/t20?,21-/m0/s1. The zero-order valence-corrected chi connectivity index (χ0v) is 17.9. The van der Waals surface area contributed by atoms with E-state index in [1.807, 2.05) is 55.5 Å². The molecule has 170 valence electrons. The lowest BCUT2D eigenvalue weighted by atomic mass is 9.98. The number of amides is 2. The molecule has 4 N–H and O–H groups in total. The van der Waals surface area contributed by atoms with E-state index in [9.17, 15) is 19.5 Å². The van der Waals surface area contributed by atoms with E-state index in [2.05, 4.69) is 10.6 Å². The lowest BCUT2D eigenvalue weighted by Crippen LogP contribution is -2.49. The molecule has 0 saturated heterocycles. The second-order valence-corrected chi connectivity index (χ2v) is 7.76. The SMILES string of the molecule is CCCCC(NC(=O)OCC1c2ccccc2-c2ccccc21)C(=O)NC[C@H](O)C(=O)O. The van der Waals surface area contributed by atoms with Crippen LogP contribution in [0.2, 0.25) is 0 Å². The van der Waals surface area contributed by atoms with Gasteiger partial charge in [-0.2, -0.15) is 0 Å². The van der Waals surface area contributed by atoms with Crippen molar-refractivity contribution >= 4 is 18.0 Å². The number of aliphatic hydroxyl groups excluding tert-OH is 1. The molecule has 2 atom stereocenters. The third-order valence-corrected chi connectivity index (χ3v) is 5.55. The van der Waals surface area contributed by atoms with Crippen molar-refractivity contribution in [2.45, 2.75) is 44.2 Å². The first kappa shape index (κ1) is 23.3. The second-order valence-electron chi connectivity index (χ2n) is 7.76. The van der Waals surface area contributed by atoms with E-state index in [1.54, 1.807) is 0 Å². The molecular weight excluding hydrogens is 412 g/mol. The molecule has 2 aromatic carbocycles. The molecule has 1 aliphatic rings. The Morgan fingerprint density at radius 2 is 1.62 bits per heavy atom. The van der Waals surface area contributed by atoms with Crippen molar-refractivity contribution in [3.05, 3.63) is 59.7 Å². The minimum absolute atomic E-state index is 0.0956.